The van der Waals surface area contributed by atoms with Gasteiger partial charge >= 0.3 is 5.97 Å². The maximum atomic E-state index is 13.3. The van der Waals surface area contributed by atoms with E-state index in [9.17, 15) is 35.1 Å². The average molecular weight is 934 g/mol. The minimum atomic E-state index is -1.66. The topological polar surface area (TPSA) is 175 Å². The molecule has 0 aromatic heterocycles. The van der Waals surface area contributed by atoms with E-state index in [1.54, 1.807) is 6.08 Å². The molecule has 1 aliphatic rings. The lowest BCUT2D eigenvalue weighted by molar-refractivity contribution is -0.305. The Labute approximate surface area is 403 Å². The Morgan fingerprint density at radius 3 is 1.60 bits per heavy atom. The quantitative estimate of drug-likeness (QED) is 0.0151. The molecule has 0 aliphatic carbocycles. The van der Waals surface area contributed by atoms with Gasteiger partial charge in [0.25, 0.3) is 0 Å². The van der Waals surface area contributed by atoms with E-state index in [1.165, 1.54) is 51.4 Å². The lowest BCUT2D eigenvalue weighted by Gasteiger charge is -2.41. The fraction of sp³-hybridized carbons (Fsp3) is 0.571. The van der Waals surface area contributed by atoms with Gasteiger partial charge in [-0.25, -0.2) is 0 Å². The Bertz CT molecular complexity index is 1590. The number of carbonyl (C=O) groups is 2. The van der Waals surface area contributed by atoms with Gasteiger partial charge < -0.3 is 45.1 Å². The van der Waals surface area contributed by atoms with Crippen LogP contribution in [-0.2, 0) is 23.8 Å². The van der Waals surface area contributed by atoms with E-state index >= 15 is 0 Å². The molecule has 1 rings (SSSR count). The molecule has 11 heteroatoms. The summed E-state index contributed by atoms with van der Waals surface area (Å²) in [5, 5.41) is 56.4. The Morgan fingerprint density at radius 1 is 0.597 bits per heavy atom. The summed E-state index contributed by atoms with van der Waals surface area (Å²) in [7, 11) is 0. The first kappa shape index (κ1) is 60.8. The van der Waals surface area contributed by atoms with Gasteiger partial charge in [-0.3, -0.25) is 9.59 Å². The van der Waals surface area contributed by atoms with Crippen LogP contribution in [0.15, 0.2) is 134 Å². The third kappa shape index (κ3) is 32.2. The maximum Gasteiger partial charge on any atom is 0.306 e. The van der Waals surface area contributed by atoms with Crippen molar-refractivity contribution in [3.05, 3.63) is 134 Å². The Kier molecular flexibility index (Phi) is 39.1. The van der Waals surface area contributed by atoms with Crippen molar-refractivity contribution in [3.63, 3.8) is 0 Å². The fourth-order valence-corrected chi connectivity index (χ4v) is 6.82. The summed E-state index contributed by atoms with van der Waals surface area (Å²) in [6, 6.07) is -1.08. The highest BCUT2D eigenvalue weighted by atomic mass is 16.7. The molecule has 0 spiro atoms. The largest absolute Gasteiger partial charge is 0.454 e. The van der Waals surface area contributed by atoms with Gasteiger partial charge in [0.2, 0.25) is 5.91 Å². The van der Waals surface area contributed by atoms with Crippen molar-refractivity contribution in [1.29, 1.82) is 0 Å². The van der Waals surface area contributed by atoms with Crippen molar-refractivity contribution in [3.8, 4) is 0 Å². The van der Waals surface area contributed by atoms with Crippen LogP contribution >= 0.6 is 0 Å². The van der Waals surface area contributed by atoms with Crippen molar-refractivity contribution in [2.24, 2.45) is 0 Å². The van der Waals surface area contributed by atoms with Gasteiger partial charge in [0, 0.05) is 6.42 Å². The second kappa shape index (κ2) is 43.1. The van der Waals surface area contributed by atoms with Crippen molar-refractivity contribution < 1.29 is 49.3 Å². The third-order valence-electron chi connectivity index (χ3n) is 10.8. The molecule has 1 aliphatic heterocycles. The standard InChI is InChI=1S/C56H87NO10/c1-4-7-10-13-16-19-22-25-28-30-33-36-39-42-48(59)47(57-55(64)49(60)43-40-37-34-31-27-24-21-18-15-12-9-6-3)46-65-56-54(53(63)52(62)50(45-58)66-56)67-51(61)44-41-38-35-32-29-26-23-20-17-14-11-8-5-2/h8-9,11-12,14-15,17-18,20-21,23-24,26-27,29,31-32,34-35,37,39,42,47-50,52-54,56,58-60,62-63H,4-7,10,13,16,19,22,25,28,30,33,36,38,40-41,43-46H2,1-3H3,(H,57,64)/b11-8+,12-9+,17-14+,18-15+,23-20-,24-21-,29-26-,31-27-,35-32+,37-34+,42-39+. The number of unbranched alkanes of at least 4 members (excludes halogenated alkanes) is 12. The molecular weight excluding hydrogens is 847 g/mol. The van der Waals surface area contributed by atoms with Gasteiger partial charge in [0.1, 0.15) is 24.4 Å². The molecule has 0 bridgehead atoms. The van der Waals surface area contributed by atoms with Crippen LogP contribution in [0, 0.1) is 0 Å². The molecule has 11 nitrogen and oxygen atoms in total. The highest BCUT2D eigenvalue weighted by Crippen LogP contribution is 2.26. The molecule has 1 heterocycles. The van der Waals surface area contributed by atoms with Crippen molar-refractivity contribution in [2.75, 3.05) is 13.2 Å². The number of carbonyl (C=O) groups excluding carboxylic acids is 2. The number of aliphatic hydroxyl groups is 5. The van der Waals surface area contributed by atoms with Gasteiger partial charge in [-0.15, -0.1) is 0 Å². The van der Waals surface area contributed by atoms with Gasteiger partial charge in [-0.1, -0.05) is 219 Å². The molecule has 0 radical (unpaired) electrons. The molecule has 8 unspecified atom stereocenters. The lowest BCUT2D eigenvalue weighted by Crippen LogP contribution is -2.61. The van der Waals surface area contributed by atoms with Crippen molar-refractivity contribution in [2.45, 2.75) is 192 Å². The average Bonchev–Trinajstić information content (AvgIpc) is 3.32. The zero-order valence-corrected chi connectivity index (χ0v) is 40.9. The molecular formula is C56H87NO10. The van der Waals surface area contributed by atoms with Crippen LogP contribution in [0.3, 0.4) is 0 Å². The van der Waals surface area contributed by atoms with E-state index in [2.05, 4.69) is 38.2 Å². The highest BCUT2D eigenvalue weighted by molar-refractivity contribution is 5.80. The minimum absolute atomic E-state index is 0.00994. The maximum absolute atomic E-state index is 13.3. The number of nitrogens with one attached hydrogen (secondary N) is 1. The summed E-state index contributed by atoms with van der Waals surface area (Å²) >= 11 is 0. The van der Waals surface area contributed by atoms with Gasteiger partial charge in [0.15, 0.2) is 12.4 Å². The number of hydrogen-bond acceptors (Lipinski definition) is 10. The van der Waals surface area contributed by atoms with Gasteiger partial charge in [0.05, 0.1) is 25.4 Å². The Hall–Kier alpha value is -4.20. The third-order valence-corrected chi connectivity index (χ3v) is 10.8. The van der Waals surface area contributed by atoms with Crippen LogP contribution in [0.2, 0.25) is 0 Å². The highest BCUT2D eigenvalue weighted by Gasteiger charge is 2.47. The summed E-state index contributed by atoms with van der Waals surface area (Å²) in [6.45, 7) is 5.34. The molecule has 0 aromatic carbocycles. The Morgan fingerprint density at radius 2 is 1.07 bits per heavy atom. The monoisotopic (exact) mass is 934 g/mol. The zero-order valence-electron chi connectivity index (χ0n) is 40.9. The number of hydrogen-bond donors (Lipinski definition) is 6. The predicted octanol–water partition coefficient (Wildman–Crippen LogP) is 10.2. The number of esters is 1. The zero-order chi connectivity index (χ0) is 49.0. The van der Waals surface area contributed by atoms with Crippen LogP contribution in [0.1, 0.15) is 143 Å². The van der Waals surface area contributed by atoms with E-state index < -0.39 is 67.4 Å². The first-order valence-corrected chi connectivity index (χ1v) is 25.1. The van der Waals surface area contributed by atoms with Crippen molar-refractivity contribution >= 4 is 11.9 Å². The van der Waals surface area contributed by atoms with Gasteiger partial charge in [-0.2, -0.15) is 0 Å². The molecule has 1 fully saturated rings. The summed E-state index contributed by atoms with van der Waals surface area (Å²) < 4.78 is 17.4. The molecule has 67 heavy (non-hydrogen) atoms. The van der Waals surface area contributed by atoms with Crippen LogP contribution < -0.4 is 5.32 Å². The van der Waals surface area contributed by atoms with E-state index in [4.69, 9.17) is 14.2 Å². The van der Waals surface area contributed by atoms with Crippen molar-refractivity contribution in [1.82, 2.24) is 5.32 Å². The van der Waals surface area contributed by atoms with Gasteiger partial charge in [-0.05, 0) is 51.4 Å². The first-order valence-electron chi connectivity index (χ1n) is 25.1. The number of amides is 1. The molecule has 1 amide bonds. The summed E-state index contributed by atoms with van der Waals surface area (Å²) in [5.74, 6) is -1.37. The second-order valence-electron chi connectivity index (χ2n) is 16.7. The van der Waals surface area contributed by atoms with E-state index in [0.717, 1.165) is 38.5 Å². The van der Waals surface area contributed by atoms with E-state index in [0.29, 0.717) is 19.3 Å². The van der Waals surface area contributed by atoms with E-state index in [-0.39, 0.29) is 19.4 Å². The molecule has 0 aromatic rings. The predicted molar refractivity (Wildman–Crippen MR) is 273 cm³/mol. The number of rotatable bonds is 38. The normalized spacial score (nSPS) is 21.2. The first-order chi connectivity index (χ1) is 32.7. The Balaban J connectivity index is 2.92. The molecule has 376 valence electrons. The summed E-state index contributed by atoms with van der Waals surface area (Å²) in [6.07, 6.45) is 49.6. The lowest BCUT2D eigenvalue weighted by atomic mass is 9.99. The minimum Gasteiger partial charge on any atom is -0.454 e. The molecule has 1 saturated heterocycles. The molecule has 6 N–H and O–H groups in total. The summed E-state index contributed by atoms with van der Waals surface area (Å²) in [5.41, 5.74) is 0. The second-order valence-corrected chi connectivity index (χ2v) is 16.7. The van der Waals surface area contributed by atoms with Crippen LogP contribution in [0.5, 0.6) is 0 Å². The van der Waals surface area contributed by atoms with Crippen LogP contribution in [-0.4, -0.2) is 99.6 Å². The fourth-order valence-electron chi connectivity index (χ4n) is 6.82. The number of allylic oxidation sites excluding steroid dienone is 21. The van der Waals surface area contributed by atoms with Crippen LogP contribution in [0.25, 0.3) is 0 Å². The smallest absolute Gasteiger partial charge is 0.306 e. The number of aliphatic hydroxyl groups excluding tert-OH is 5. The van der Waals surface area contributed by atoms with E-state index in [1.807, 2.05) is 115 Å². The molecule has 0 saturated carbocycles. The number of ether oxygens (including phenoxy) is 3. The summed E-state index contributed by atoms with van der Waals surface area (Å²) in [4.78, 5) is 26.2. The SMILES string of the molecule is CC/C=C/C=C/C=C\C=C/C=C/CCCC(=O)OC1C(OCC(NC(=O)C(O)CC/C=C/C=C\C=C/C=C/C=C/CC)C(O)/C=C/CCCCCCCCCCCCC)OC(CO)C(O)C1O. The molecule has 8 atom stereocenters. The van der Waals surface area contributed by atoms with Crippen LogP contribution in [0.4, 0.5) is 0 Å².